The number of nitrogens with zero attached hydrogens (tertiary/aromatic N) is 1. The molecule has 0 aromatic rings. The lowest BCUT2D eigenvalue weighted by Crippen LogP contribution is -2.41. The summed E-state index contributed by atoms with van der Waals surface area (Å²) in [5.74, 6) is 0.390. The molecular formula is C14H25N3O2. The summed E-state index contributed by atoms with van der Waals surface area (Å²) in [5.41, 5.74) is 5.79. The van der Waals surface area contributed by atoms with Gasteiger partial charge < -0.3 is 16.0 Å². The highest BCUT2D eigenvalue weighted by molar-refractivity contribution is 5.81. The Bertz CT molecular complexity index is 340. The summed E-state index contributed by atoms with van der Waals surface area (Å²) >= 11 is 0. The van der Waals surface area contributed by atoms with Crippen LogP contribution >= 0.6 is 0 Å². The van der Waals surface area contributed by atoms with E-state index in [9.17, 15) is 9.59 Å². The zero-order chi connectivity index (χ0) is 13.8. The summed E-state index contributed by atoms with van der Waals surface area (Å²) in [6.07, 6.45) is 5.55. The van der Waals surface area contributed by atoms with Crippen LogP contribution in [0.5, 0.6) is 0 Å². The first-order valence-electron chi connectivity index (χ1n) is 7.40. The molecular weight excluding hydrogens is 242 g/mol. The molecule has 5 heteroatoms. The normalized spacial score (nSPS) is 25.6. The molecule has 1 saturated carbocycles. The summed E-state index contributed by atoms with van der Waals surface area (Å²) in [7, 11) is 0. The molecule has 0 spiro atoms. The van der Waals surface area contributed by atoms with E-state index in [2.05, 4.69) is 5.32 Å². The van der Waals surface area contributed by atoms with Crippen LogP contribution in [0.3, 0.4) is 0 Å². The van der Waals surface area contributed by atoms with E-state index in [1.165, 1.54) is 0 Å². The van der Waals surface area contributed by atoms with E-state index in [0.717, 1.165) is 38.6 Å². The molecule has 1 aliphatic heterocycles. The van der Waals surface area contributed by atoms with E-state index in [4.69, 9.17) is 5.73 Å². The van der Waals surface area contributed by atoms with Crippen molar-refractivity contribution in [2.75, 3.05) is 13.1 Å². The number of carbonyl (C=O) groups excluding carboxylic acids is 2. The van der Waals surface area contributed by atoms with Gasteiger partial charge in [-0.15, -0.1) is 0 Å². The van der Waals surface area contributed by atoms with Crippen molar-refractivity contribution in [1.29, 1.82) is 0 Å². The fourth-order valence-corrected chi connectivity index (χ4v) is 3.00. The van der Waals surface area contributed by atoms with Crippen molar-refractivity contribution in [3.63, 3.8) is 0 Å². The number of nitrogens with one attached hydrogen (secondary N) is 1. The highest BCUT2D eigenvalue weighted by Gasteiger charge is 2.27. The lowest BCUT2D eigenvalue weighted by molar-refractivity contribution is -0.131. The molecule has 1 unspecified atom stereocenters. The van der Waals surface area contributed by atoms with E-state index >= 15 is 0 Å². The minimum Gasteiger partial charge on any atom is -0.353 e. The number of nitrogens with two attached hydrogens (primary N) is 1. The molecule has 2 atom stereocenters. The molecule has 19 heavy (non-hydrogen) atoms. The molecule has 1 heterocycles. The average molecular weight is 267 g/mol. The second-order valence-electron chi connectivity index (χ2n) is 5.98. The lowest BCUT2D eigenvalue weighted by atomic mass is 10.1. The fraction of sp³-hybridized carbons (Fsp3) is 0.857. The molecule has 0 bridgehead atoms. The number of carbonyl (C=O) groups is 2. The van der Waals surface area contributed by atoms with E-state index in [-0.39, 0.29) is 29.8 Å². The Morgan fingerprint density at radius 1 is 1.32 bits per heavy atom. The Balaban J connectivity index is 1.72. The molecule has 0 aromatic carbocycles. The number of likely N-dealkylation sites (tertiary alicyclic amines) is 1. The maximum atomic E-state index is 12.0. The first-order valence-corrected chi connectivity index (χ1v) is 7.40. The zero-order valence-electron chi connectivity index (χ0n) is 11.7. The minimum atomic E-state index is -0.0857. The van der Waals surface area contributed by atoms with Crippen LogP contribution in [-0.2, 0) is 9.59 Å². The van der Waals surface area contributed by atoms with Crippen LogP contribution in [0.2, 0.25) is 0 Å². The summed E-state index contributed by atoms with van der Waals surface area (Å²) in [6, 6.07) is 0.0322. The monoisotopic (exact) mass is 267 g/mol. The molecule has 2 rings (SSSR count). The van der Waals surface area contributed by atoms with Gasteiger partial charge in [-0.3, -0.25) is 9.59 Å². The Morgan fingerprint density at radius 3 is 2.58 bits per heavy atom. The molecule has 5 nitrogen and oxygen atoms in total. The number of hydrogen-bond donors (Lipinski definition) is 2. The van der Waals surface area contributed by atoms with Crippen molar-refractivity contribution in [3.8, 4) is 0 Å². The highest BCUT2D eigenvalue weighted by atomic mass is 16.2. The van der Waals surface area contributed by atoms with Crippen molar-refractivity contribution in [1.82, 2.24) is 10.2 Å². The van der Waals surface area contributed by atoms with E-state index in [0.29, 0.717) is 13.0 Å². The molecule has 0 radical (unpaired) electrons. The molecule has 3 N–H and O–H groups in total. The summed E-state index contributed by atoms with van der Waals surface area (Å²) in [5, 5.41) is 2.97. The van der Waals surface area contributed by atoms with Gasteiger partial charge >= 0.3 is 0 Å². The number of rotatable bonds is 4. The Hall–Kier alpha value is -1.10. The second-order valence-corrected chi connectivity index (χ2v) is 5.98. The molecule has 2 aliphatic rings. The molecule has 2 fully saturated rings. The third-order valence-electron chi connectivity index (χ3n) is 4.17. The van der Waals surface area contributed by atoms with Crippen LogP contribution in [0.4, 0.5) is 0 Å². The molecule has 1 aliphatic carbocycles. The van der Waals surface area contributed by atoms with Gasteiger partial charge in [0, 0.05) is 37.5 Å². The average Bonchev–Trinajstić information content (AvgIpc) is 2.98. The third-order valence-corrected chi connectivity index (χ3v) is 4.17. The van der Waals surface area contributed by atoms with E-state index in [1.54, 1.807) is 0 Å². The zero-order valence-corrected chi connectivity index (χ0v) is 11.7. The van der Waals surface area contributed by atoms with Gasteiger partial charge in [0.05, 0.1) is 0 Å². The van der Waals surface area contributed by atoms with Crippen LogP contribution in [0.15, 0.2) is 0 Å². The smallest absolute Gasteiger partial charge is 0.224 e. The number of hydrogen-bond acceptors (Lipinski definition) is 3. The van der Waals surface area contributed by atoms with Crippen LogP contribution in [-0.4, -0.2) is 41.9 Å². The van der Waals surface area contributed by atoms with Crippen molar-refractivity contribution in [2.45, 2.75) is 57.5 Å². The first-order chi connectivity index (χ1) is 9.06. The van der Waals surface area contributed by atoms with Gasteiger partial charge in [0.25, 0.3) is 0 Å². The summed E-state index contributed by atoms with van der Waals surface area (Å²) in [6.45, 7) is 3.31. The van der Waals surface area contributed by atoms with E-state index in [1.807, 2.05) is 11.8 Å². The standard InChI is InChI=1S/C14H25N3O2/c1-10(16-14(19)11-4-2-3-5-11)8-13(18)17-7-6-12(15)9-17/h10-12H,2-9,15H2,1H3,(H,16,19)/t10?,12-/m1/s1. The Labute approximate surface area is 114 Å². The number of amides is 2. The molecule has 2 amide bonds. The lowest BCUT2D eigenvalue weighted by Gasteiger charge is -2.20. The second kappa shape index (κ2) is 6.37. The van der Waals surface area contributed by atoms with Gasteiger partial charge in [-0.05, 0) is 26.2 Å². The van der Waals surface area contributed by atoms with Crippen LogP contribution < -0.4 is 11.1 Å². The fourth-order valence-electron chi connectivity index (χ4n) is 3.00. The quantitative estimate of drug-likeness (QED) is 0.784. The van der Waals surface area contributed by atoms with E-state index < -0.39 is 0 Å². The van der Waals surface area contributed by atoms with Gasteiger partial charge in [-0.2, -0.15) is 0 Å². The van der Waals surface area contributed by atoms with Gasteiger partial charge in [-0.25, -0.2) is 0 Å². The predicted molar refractivity (Wildman–Crippen MR) is 73.4 cm³/mol. The Morgan fingerprint density at radius 2 is 2.00 bits per heavy atom. The summed E-state index contributed by atoms with van der Waals surface area (Å²) in [4.78, 5) is 25.8. The maximum Gasteiger partial charge on any atom is 0.224 e. The Kier molecular flexibility index (Phi) is 4.80. The SMILES string of the molecule is CC(CC(=O)N1CC[C@@H](N)C1)NC(=O)C1CCCC1. The molecule has 108 valence electrons. The van der Waals surface area contributed by atoms with Crippen molar-refractivity contribution in [3.05, 3.63) is 0 Å². The van der Waals surface area contributed by atoms with Crippen LogP contribution in [0, 0.1) is 5.92 Å². The van der Waals surface area contributed by atoms with Gasteiger partial charge in [-0.1, -0.05) is 12.8 Å². The largest absolute Gasteiger partial charge is 0.353 e. The maximum absolute atomic E-state index is 12.0. The van der Waals surface area contributed by atoms with Crippen molar-refractivity contribution >= 4 is 11.8 Å². The van der Waals surface area contributed by atoms with Crippen LogP contribution in [0.1, 0.15) is 45.4 Å². The predicted octanol–water partition coefficient (Wildman–Crippen LogP) is 0.631. The topological polar surface area (TPSA) is 75.4 Å². The minimum absolute atomic E-state index is 0.0857. The van der Waals surface area contributed by atoms with Crippen LogP contribution in [0.25, 0.3) is 0 Å². The molecule has 0 aromatic heterocycles. The highest BCUT2D eigenvalue weighted by Crippen LogP contribution is 2.24. The van der Waals surface area contributed by atoms with Crippen molar-refractivity contribution < 1.29 is 9.59 Å². The van der Waals surface area contributed by atoms with Gasteiger partial charge in [0.15, 0.2) is 0 Å². The summed E-state index contributed by atoms with van der Waals surface area (Å²) < 4.78 is 0. The van der Waals surface area contributed by atoms with Gasteiger partial charge in [0.1, 0.15) is 0 Å². The first kappa shape index (κ1) is 14.3. The van der Waals surface area contributed by atoms with Crippen molar-refractivity contribution in [2.24, 2.45) is 11.7 Å². The molecule has 1 saturated heterocycles. The van der Waals surface area contributed by atoms with Gasteiger partial charge in [0.2, 0.25) is 11.8 Å². The third kappa shape index (κ3) is 3.93.